The Hall–Kier alpha value is -1.72. The van der Waals surface area contributed by atoms with Gasteiger partial charge in [-0.3, -0.25) is 9.88 Å². The minimum absolute atomic E-state index is 0.781. The van der Waals surface area contributed by atoms with Crippen molar-refractivity contribution in [3.05, 3.63) is 36.2 Å². The second-order valence-electron chi connectivity index (χ2n) is 4.28. The van der Waals surface area contributed by atoms with Crippen LogP contribution in [0.1, 0.15) is 5.76 Å². The molecule has 18 heavy (non-hydrogen) atoms. The van der Waals surface area contributed by atoms with Gasteiger partial charge in [0.25, 0.3) is 0 Å². The molecule has 5 heteroatoms. The van der Waals surface area contributed by atoms with Gasteiger partial charge >= 0.3 is 0 Å². The van der Waals surface area contributed by atoms with E-state index in [9.17, 15) is 0 Å². The summed E-state index contributed by atoms with van der Waals surface area (Å²) in [7, 11) is 0. The Morgan fingerprint density at radius 3 is 2.83 bits per heavy atom. The summed E-state index contributed by atoms with van der Waals surface area (Å²) in [6, 6.07) is 7.71. The summed E-state index contributed by atoms with van der Waals surface area (Å²) in [5.41, 5.74) is 1.63. The van der Waals surface area contributed by atoms with Crippen molar-refractivity contribution in [1.29, 1.82) is 0 Å². The number of ether oxygens (including phenoxy) is 1. The van der Waals surface area contributed by atoms with Crippen molar-refractivity contribution < 1.29 is 9.26 Å². The molecule has 1 aliphatic rings. The highest BCUT2D eigenvalue weighted by Crippen LogP contribution is 2.17. The third-order valence-corrected chi connectivity index (χ3v) is 2.97. The Bertz CT molecular complexity index is 492. The third kappa shape index (κ3) is 2.57. The summed E-state index contributed by atoms with van der Waals surface area (Å²) in [6.45, 7) is 4.25. The Morgan fingerprint density at radius 1 is 1.17 bits per heavy atom. The van der Waals surface area contributed by atoms with E-state index in [1.807, 2.05) is 24.3 Å². The van der Waals surface area contributed by atoms with Crippen LogP contribution in [-0.4, -0.2) is 41.3 Å². The Kier molecular flexibility index (Phi) is 3.34. The Labute approximate surface area is 105 Å². The zero-order valence-electron chi connectivity index (χ0n) is 10.1. The molecule has 3 heterocycles. The van der Waals surface area contributed by atoms with Gasteiger partial charge < -0.3 is 9.26 Å². The monoisotopic (exact) mass is 245 g/mol. The van der Waals surface area contributed by atoms with E-state index in [1.165, 1.54) is 0 Å². The SMILES string of the molecule is c1ccc(-c2cc(CN3CCOCC3)on2)nc1. The molecule has 1 fully saturated rings. The molecule has 0 atom stereocenters. The van der Waals surface area contributed by atoms with Gasteiger partial charge in [-0.15, -0.1) is 0 Å². The highest BCUT2D eigenvalue weighted by Gasteiger charge is 2.14. The topological polar surface area (TPSA) is 51.4 Å². The highest BCUT2D eigenvalue weighted by atomic mass is 16.5. The molecule has 0 aliphatic carbocycles. The van der Waals surface area contributed by atoms with Crippen molar-refractivity contribution in [2.45, 2.75) is 6.54 Å². The molecule has 2 aromatic heterocycles. The first-order valence-corrected chi connectivity index (χ1v) is 6.09. The molecule has 5 nitrogen and oxygen atoms in total. The third-order valence-electron chi connectivity index (χ3n) is 2.97. The van der Waals surface area contributed by atoms with Crippen molar-refractivity contribution >= 4 is 0 Å². The summed E-state index contributed by atoms with van der Waals surface area (Å²) in [5, 5.41) is 4.06. The minimum atomic E-state index is 0.781. The highest BCUT2D eigenvalue weighted by molar-refractivity contribution is 5.52. The van der Waals surface area contributed by atoms with Gasteiger partial charge in [0.1, 0.15) is 5.69 Å². The molecule has 3 rings (SSSR count). The van der Waals surface area contributed by atoms with Crippen molar-refractivity contribution in [2.75, 3.05) is 26.3 Å². The van der Waals surface area contributed by atoms with E-state index in [2.05, 4.69) is 15.0 Å². The van der Waals surface area contributed by atoms with E-state index < -0.39 is 0 Å². The van der Waals surface area contributed by atoms with Crippen LogP contribution in [0.4, 0.5) is 0 Å². The molecule has 0 aromatic carbocycles. The number of morpholine rings is 1. The van der Waals surface area contributed by atoms with Gasteiger partial charge in [0.05, 0.1) is 25.5 Å². The fraction of sp³-hybridized carbons (Fsp3) is 0.385. The summed E-state index contributed by atoms with van der Waals surface area (Å²) in [4.78, 5) is 6.55. The number of hydrogen-bond acceptors (Lipinski definition) is 5. The second kappa shape index (κ2) is 5.29. The average Bonchev–Trinajstić information content (AvgIpc) is 2.89. The van der Waals surface area contributed by atoms with Crippen molar-refractivity contribution in [3.63, 3.8) is 0 Å². The number of nitrogens with zero attached hydrogens (tertiary/aromatic N) is 3. The summed E-state index contributed by atoms with van der Waals surface area (Å²) >= 11 is 0. The van der Waals surface area contributed by atoms with E-state index >= 15 is 0 Å². The predicted octanol–water partition coefficient (Wildman–Crippen LogP) is 1.57. The van der Waals surface area contributed by atoms with Gasteiger partial charge in [-0.05, 0) is 12.1 Å². The molecule has 94 valence electrons. The fourth-order valence-corrected chi connectivity index (χ4v) is 2.00. The first-order valence-electron chi connectivity index (χ1n) is 6.09. The summed E-state index contributed by atoms with van der Waals surface area (Å²) < 4.78 is 10.7. The zero-order chi connectivity index (χ0) is 12.2. The standard InChI is InChI=1S/C13H15N3O2/c1-2-4-14-12(3-1)13-9-11(18-15-13)10-16-5-7-17-8-6-16/h1-4,9H,5-8,10H2. The molecule has 1 saturated heterocycles. The van der Waals surface area contributed by atoms with Crippen LogP contribution >= 0.6 is 0 Å². The van der Waals surface area contributed by atoms with Crippen molar-refractivity contribution in [2.24, 2.45) is 0 Å². The normalized spacial score (nSPS) is 16.9. The largest absolute Gasteiger partial charge is 0.379 e. The van der Waals surface area contributed by atoms with Gasteiger partial charge in [-0.1, -0.05) is 11.2 Å². The van der Waals surface area contributed by atoms with Crippen LogP contribution in [0.3, 0.4) is 0 Å². The lowest BCUT2D eigenvalue weighted by Crippen LogP contribution is -2.35. The molecule has 0 unspecified atom stereocenters. The maximum Gasteiger partial charge on any atom is 0.151 e. The second-order valence-corrected chi connectivity index (χ2v) is 4.28. The van der Waals surface area contributed by atoms with E-state index in [1.54, 1.807) is 6.20 Å². The molecule has 0 spiro atoms. The average molecular weight is 245 g/mol. The number of hydrogen-bond donors (Lipinski definition) is 0. The number of pyridine rings is 1. The van der Waals surface area contributed by atoms with Crippen molar-refractivity contribution in [1.82, 2.24) is 15.0 Å². The lowest BCUT2D eigenvalue weighted by Gasteiger charge is -2.25. The maximum absolute atomic E-state index is 5.35. The first kappa shape index (κ1) is 11.4. The van der Waals surface area contributed by atoms with Crippen LogP contribution in [0.15, 0.2) is 35.0 Å². The molecule has 1 aliphatic heterocycles. The van der Waals surface area contributed by atoms with Crippen LogP contribution in [-0.2, 0) is 11.3 Å². The Balaban J connectivity index is 1.69. The maximum atomic E-state index is 5.35. The van der Waals surface area contributed by atoms with Crippen LogP contribution in [0.2, 0.25) is 0 Å². The van der Waals surface area contributed by atoms with Crippen LogP contribution in [0, 0.1) is 0 Å². The molecular formula is C13H15N3O2. The van der Waals surface area contributed by atoms with Gasteiger partial charge in [0.2, 0.25) is 0 Å². The quantitative estimate of drug-likeness (QED) is 0.821. The molecule has 2 aromatic rings. The lowest BCUT2D eigenvalue weighted by molar-refractivity contribution is 0.0305. The smallest absolute Gasteiger partial charge is 0.151 e. The first-order chi connectivity index (χ1) is 8.92. The van der Waals surface area contributed by atoms with E-state index in [4.69, 9.17) is 9.26 Å². The predicted molar refractivity (Wildman–Crippen MR) is 65.8 cm³/mol. The lowest BCUT2D eigenvalue weighted by atomic mass is 10.2. The molecular weight excluding hydrogens is 230 g/mol. The summed E-state index contributed by atoms with van der Waals surface area (Å²) in [5.74, 6) is 0.873. The number of aromatic nitrogens is 2. The number of rotatable bonds is 3. The van der Waals surface area contributed by atoms with Crippen molar-refractivity contribution in [3.8, 4) is 11.4 Å². The van der Waals surface area contributed by atoms with Gasteiger partial charge in [-0.2, -0.15) is 0 Å². The summed E-state index contributed by atoms with van der Waals surface area (Å²) in [6.07, 6.45) is 1.76. The van der Waals surface area contributed by atoms with E-state index in [0.29, 0.717) is 0 Å². The van der Waals surface area contributed by atoms with E-state index in [-0.39, 0.29) is 0 Å². The van der Waals surface area contributed by atoms with Crippen LogP contribution in [0.25, 0.3) is 11.4 Å². The van der Waals surface area contributed by atoms with Gasteiger partial charge in [-0.25, -0.2) is 0 Å². The van der Waals surface area contributed by atoms with Crippen LogP contribution < -0.4 is 0 Å². The molecule has 0 radical (unpaired) electrons. The molecule has 0 bridgehead atoms. The van der Waals surface area contributed by atoms with Gasteiger partial charge in [0, 0.05) is 25.4 Å². The van der Waals surface area contributed by atoms with Crippen LogP contribution in [0.5, 0.6) is 0 Å². The van der Waals surface area contributed by atoms with Gasteiger partial charge in [0.15, 0.2) is 5.76 Å². The fourth-order valence-electron chi connectivity index (χ4n) is 2.00. The molecule has 0 amide bonds. The molecule has 0 saturated carbocycles. The minimum Gasteiger partial charge on any atom is -0.379 e. The van der Waals surface area contributed by atoms with E-state index in [0.717, 1.165) is 50.0 Å². The zero-order valence-corrected chi connectivity index (χ0v) is 10.1. The molecule has 0 N–H and O–H groups in total. The Morgan fingerprint density at radius 2 is 2.06 bits per heavy atom.